The van der Waals surface area contributed by atoms with Crippen LogP contribution in [0.5, 0.6) is 11.5 Å². The van der Waals surface area contributed by atoms with Crippen molar-refractivity contribution in [1.82, 2.24) is 24.7 Å². The number of anilines is 1. The van der Waals surface area contributed by atoms with Crippen LogP contribution < -0.4 is 25.8 Å². The molecule has 0 saturated carbocycles. The summed E-state index contributed by atoms with van der Waals surface area (Å²) in [4.78, 5) is 46.8. The smallest absolute Gasteiger partial charge is 0.350 e. The summed E-state index contributed by atoms with van der Waals surface area (Å²) in [7, 11) is 1.47. The first-order valence-electron chi connectivity index (χ1n) is 12.9. The van der Waals surface area contributed by atoms with Crippen LogP contribution in [-0.2, 0) is 16.0 Å². The SMILES string of the molecule is CC(=O)O.COc1cc(C(Cc2ccc(C(=N)N)cc2)c2nn(-c3ncccn3)c(=O)[nH]2)cc2c1OCC(=O)N2CCF. The Morgan fingerprint density at radius 3 is 2.51 bits per heavy atom. The van der Waals surface area contributed by atoms with Crippen molar-refractivity contribution in [3.8, 4) is 17.4 Å². The van der Waals surface area contributed by atoms with Crippen LogP contribution in [0.3, 0.4) is 0 Å². The van der Waals surface area contributed by atoms with E-state index in [1.165, 1.54) is 24.4 Å². The number of aromatic nitrogens is 5. The van der Waals surface area contributed by atoms with Gasteiger partial charge in [0.05, 0.1) is 19.3 Å². The highest BCUT2D eigenvalue weighted by molar-refractivity contribution is 5.98. The van der Waals surface area contributed by atoms with Gasteiger partial charge in [0.25, 0.3) is 17.8 Å². The van der Waals surface area contributed by atoms with Gasteiger partial charge in [-0.25, -0.2) is 19.2 Å². The summed E-state index contributed by atoms with van der Waals surface area (Å²) in [6, 6.07) is 12.2. The molecule has 5 N–H and O–H groups in total. The Hall–Kier alpha value is -5.60. The highest BCUT2D eigenvalue weighted by Gasteiger charge is 2.31. The van der Waals surface area contributed by atoms with Gasteiger partial charge in [-0.05, 0) is 35.7 Å². The number of hydrogen-bond donors (Lipinski definition) is 4. The van der Waals surface area contributed by atoms with Gasteiger partial charge in [-0.15, -0.1) is 9.78 Å². The van der Waals surface area contributed by atoms with Crippen molar-refractivity contribution in [2.75, 3.05) is 31.8 Å². The number of ether oxygens (including phenoxy) is 2. The van der Waals surface area contributed by atoms with Crippen LogP contribution in [0.4, 0.5) is 10.1 Å². The van der Waals surface area contributed by atoms with E-state index in [1.54, 1.807) is 30.3 Å². The first-order valence-corrected chi connectivity index (χ1v) is 12.9. The lowest BCUT2D eigenvalue weighted by Crippen LogP contribution is -2.40. The molecule has 4 aromatic rings. The van der Waals surface area contributed by atoms with E-state index in [0.717, 1.165) is 17.2 Å². The topological polar surface area (TPSA) is 202 Å². The number of benzene rings is 2. The van der Waals surface area contributed by atoms with Crippen molar-refractivity contribution in [3.63, 3.8) is 0 Å². The van der Waals surface area contributed by atoms with E-state index in [2.05, 4.69) is 20.1 Å². The predicted octanol–water partition coefficient (Wildman–Crippen LogP) is 1.80. The van der Waals surface area contributed by atoms with E-state index < -0.39 is 24.3 Å². The maximum atomic E-state index is 13.4. The van der Waals surface area contributed by atoms with Gasteiger partial charge in [-0.2, -0.15) is 0 Å². The zero-order valence-electron chi connectivity index (χ0n) is 23.3. The molecule has 1 aliphatic heterocycles. The molecular formula is C28H29FN8O6. The predicted molar refractivity (Wildman–Crippen MR) is 153 cm³/mol. The molecule has 1 unspecified atom stereocenters. The Morgan fingerprint density at radius 1 is 1.23 bits per heavy atom. The fraction of sp³-hybridized carbons (Fsp3) is 0.250. The molecule has 2 aromatic heterocycles. The van der Waals surface area contributed by atoms with Crippen LogP contribution in [0, 0.1) is 5.41 Å². The lowest BCUT2D eigenvalue weighted by Gasteiger charge is -2.31. The summed E-state index contributed by atoms with van der Waals surface area (Å²) in [5.41, 5.74) is 7.51. The Labute approximate surface area is 244 Å². The fourth-order valence-electron chi connectivity index (χ4n) is 4.44. The van der Waals surface area contributed by atoms with Gasteiger partial charge in [0, 0.05) is 30.8 Å². The maximum Gasteiger partial charge on any atom is 0.350 e. The first kappa shape index (κ1) is 30.4. The van der Waals surface area contributed by atoms with Crippen LogP contribution in [0.25, 0.3) is 5.95 Å². The Balaban J connectivity index is 0.000000996. The average Bonchev–Trinajstić information content (AvgIpc) is 3.38. The van der Waals surface area contributed by atoms with Crippen LogP contribution in [0.15, 0.2) is 59.7 Å². The number of nitrogens with one attached hydrogen (secondary N) is 2. The number of carbonyl (C=O) groups excluding carboxylic acids is 1. The second-order valence-electron chi connectivity index (χ2n) is 9.26. The van der Waals surface area contributed by atoms with Gasteiger partial charge < -0.3 is 25.2 Å². The van der Waals surface area contributed by atoms with Crippen molar-refractivity contribution in [1.29, 1.82) is 5.41 Å². The second kappa shape index (κ2) is 13.4. The summed E-state index contributed by atoms with van der Waals surface area (Å²) in [6.07, 6.45) is 3.37. The van der Waals surface area contributed by atoms with E-state index in [4.69, 9.17) is 30.5 Å². The number of nitrogens with two attached hydrogens (primary N) is 1. The van der Waals surface area contributed by atoms with Gasteiger partial charge in [0.2, 0.25) is 0 Å². The minimum Gasteiger partial charge on any atom is -0.493 e. The summed E-state index contributed by atoms with van der Waals surface area (Å²) < 4.78 is 25.7. The number of fused-ring (bicyclic) bond motifs is 1. The molecule has 1 amide bonds. The molecule has 1 atom stereocenters. The standard InChI is InChI=1S/C26H25FN8O4.C2H4O2/c1-38-20-13-17(12-19-22(20)39-14-21(36)34(19)10-7-27)18(11-15-3-5-16(6-4-15)23(28)29)24-32-26(37)35(33-24)25-30-8-2-9-31-25;1-2(3)4/h2-6,8-9,12-13,18H,7,10-11,14H2,1H3,(H3,28,29)(H,32,33,37);1H3,(H,3,4). The van der Waals surface area contributed by atoms with Gasteiger partial charge in [-0.1, -0.05) is 24.3 Å². The number of amides is 1. The lowest BCUT2D eigenvalue weighted by molar-refractivity contribution is -0.134. The van der Waals surface area contributed by atoms with Crippen LogP contribution in [0.1, 0.15) is 35.4 Å². The van der Waals surface area contributed by atoms with Crippen molar-refractivity contribution in [3.05, 3.63) is 87.9 Å². The number of carboxylic acid groups (broad SMARTS) is 1. The number of alkyl halides is 1. The van der Waals surface area contributed by atoms with Crippen LogP contribution in [0.2, 0.25) is 0 Å². The number of carbonyl (C=O) groups is 2. The molecule has 0 saturated heterocycles. The molecule has 0 aliphatic carbocycles. The number of nitrogen functional groups attached to an aromatic ring is 1. The van der Waals surface area contributed by atoms with Crippen LogP contribution in [-0.4, -0.2) is 74.5 Å². The number of aromatic amines is 1. The molecule has 14 nitrogen and oxygen atoms in total. The van der Waals surface area contributed by atoms with Crippen molar-refractivity contribution in [2.24, 2.45) is 5.73 Å². The van der Waals surface area contributed by atoms with Crippen molar-refractivity contribution >= 4 is 23.4 Å². The largest absolute Gasteiger partial charge is 0.493 e. The minimum absolute atomic E-state index is 0.0546. The van der Waals surface area contributed by atoms with E-state index in [9.17, 15) is 14.0 Å². The Bertz CT molecular complexity index is 1670. The third kappa shape index (κ3) is 7.01. The highest BCUT2D eigenvalue weighted by Crippen LogP contribution is 2.44. The number of hydrogen-bond acceptors (Lipinski definition) is 9. The van der Waals surface area contributed by atoms with Gasteiger partial charge in [0.1, 0.15) is 18.3 Å². The fourth-order valence-corrected chi connectivity index (χ4v) is 4.44. The summed E-state index contributed by atoms with van der Waals surface area (Å²) in [5, 5.41) is 19.6. The van der Waals surface area contributed by atoms with Crippen LogP contribution >= 0.6 is 0 Å². The van der Waals surface area contributed by atoms with E-state index in [-0.39, 0.29) is 30.8 Å². The zero-order chi connectivity index (χ0) is 31.1. The monoisotopic (exact) mass is 592 g/mol. The van der Waals surface area contributed by atoms with Crippen molar-refractivity contribution < 1.29 is 28.6 Å². The Kier molecular flexibility index (Phi) is 9.44. The molecule has 0 spiro atoms. The molecular weight excluding hydrogens is 563 g/mol. The number of methoxy groups -OCH3 is 1. The molecule has 15 heteroatoms. The molecule has 5 rings (SSSR count). The van der Waals surface area contributed by atoms with Gasteiger partial charge in [-0.3, -0.25) is 20.0 Å². The highest BCUT2D eigenvalue weighted by atomic mass is 19.1. The number of carboxylic acids is 1. The number of H-pyrrole nitrogens is 1. The summed E-state index contributed by atoms with van der Waals surface area (Å²) in [6.45, 7) is -0.0301. The van der Waals surface area contributed by atoms with Gasteiger partial charge in [0.15, 0.2) is 18.1 Å². The molecule has 1 aliphatic rings. The number of amidine groups is 1. The lowest BCUT2D eigenvalue weighted by atomic mass is 9.90. The molecule has 43 heavy (non-hydrogen) atoms. The Morgan fingerprint density at radius 2 is 1.91 bits per heavy atom. The maximum absolute atomic E-state index is 13.4. The summed E-state index contributed by atoms with van der Waals surface area (Å²) >= 11 is 0. The third-order valence-corrected chi connectivity index (χ3v) is 6.33. The minimum atomic E-state index is -0.833. The number of halogens is 1. The number of aliphatic carboxylic acids is 1. The molecule has 3 heterocycles. The average molecular weight is 593 g/mol. The summed E-state index contributed by atoms with van der Waals surface area (Å²) in [5.74, 6) is -0.722. The molecule has 2 aromatic carbocycles. The first-order chi connectivity index (χ1) is 20.6. The van der Waals surface area contributed by atoms with E-state index >= 15 is 0 Å². The number of nitrogens with zero attached hydrogens (tertiary/aromatic N) is 5. The number of rotatable bonds is 9. The van der Waals surface area contributed by atoms with Crippen molar-refractivity contribution in [2.45, 2.75) is 19.3 Å². The normalized spacial score (nSPS) is 12.8. The third-order valence-electron chi connectivity index (χ3n) is 6.33. The second-order valence-corrected chi connectivity index (χ2v) is 9.26. The zero-order valence-corrected chi connectivity index (χ0v) is 23.3. The quantitative estimate of drug-likeness (QED) is 0.164. The molecule has 0 fully saturated rings. The van der Waals surface area contributed by atoms with Gasteiger partial charge >= 0.3 is 5.69 Å². The molecule has 224 valence electrons. The molecule has 0 bridgehead atoms. The van der Waals surface area contributed by atoms with E-state index in [0.29, 0.717) is 40.6 Å². The van der Waals surface area contributed by atoms with E-state index in [1.807, 2.05) is 12.1 Å². The molecule has 0 radical (unpaired) electrons.